The number of hydrogen-bond donors (Lipinski definition) is 1. The van der Waals surface area contributed by atoms with Crippen LogP contribution in [0, 0.1) is 13.8 Å². The summed E-state index contributed by atoms with van der Waals surface area (Å²) >= 11 is 1.65. The van der Waals surface area contributed by atoms with E-state index in [9.17, 15) is 4.79 Å². The number of carbonyl (C=O) groups is 1. The van der Waals surface area contributed by atoms with Gasteiger partial charge < -0.3 is 15.0 Å². The molecule has 2 aromatic heterocycles. The van der Waals surface area contributed by atoms with Crippen molar-refractivity contribution >= 4 is 23.1 Å². The maximum absolute atomic E-state index is 12.2. The van der Waals surface area contributed by atoms with E-state index in [1.54, 1.807) is 11.3 Å². The van der Waals surface area contributed by atoms with E-state index in [2.05, 4.69) is 15.2 Å². The van der Waals surface area contributed by atoms with Gasteiger partial charge in [-0.25, -0.2) is 4.98 Å². The average molecular weight is 331 g/mol. The SMILES string of the molecule is Cc1cc(C(=O)NCc2ccc(N3CCOCC3)nc2)c(C)s1. The third-order valence-corrected chi connectivity index (χ3v) is 4.85. The van der Waals surface area contributed by atoms with E-state index < -0.39 is 0 Å². The van der Waals surface area contributed by atoms with Gasteiger partial charge in [-0.05, 0) is 31.5 Å². The summed E-state index contributed by atoms with van der Waals surface area (Å²) in [5.41, 5.74) is 1.77. The van der Waals surface area contributed by atoms with Gasteiger partial charge in [0.25, 0.3) is 5.91 Å². The van der Waals surface area contributed by atoms with Crippen LogP contribution in [0.5, 0.6) is 0 Å². The Bertz CT molecular complexity index is 676. The molecule has 0 bridgehead atoms. The van der Waals surface area contributed by atoms with Crippen molar-refractivity contribution in [3.8, 4) is 0 Å². The third-order valence-electron chi connectivity index (χ3n) is 3.88. The van der Waals surface area contributed by atoms with E-state index in [-0.39, 0.29) is 5.91 Å². The molecular formula is C17H21N3O2S. The molecule has 0 spiro atoms. The first kappa shape index (κ1) is 16.0. The Labute approximate surface area is 140 Å². The Balaban J connectivity index is 1.58. The molecule has 1 amide bonds. The van der Waals surface area contributed by atoms with Gasteiger partial charge in [-0.1, -0.05) is 6.07 Å². The Hall–Kier alpha value is -1.92. The molecule has 1 N–H and O–H groups in total. The van der Waals surface area contributed by atoms with Gasteiger partial charge in [-0.3, -0.25) is 4.79 Å². The van der Waals surface area contributed by atoms with Crippen LogP contribution in [0.15, 0.2) is 24.4 Å². The maximum atomic E-state index is 12.2. The molecular weight excluding hydrogens is 310 g/mol. The molecule has 0 aromatic carbocycles. The van der Waals surface area contributed by atoms with Crippen molar-refractivity contribution in [2.24, 2.45) is 0 Å². The summed E-state index contributed by atoms with van der Waals surface area (Å²) in [6, 6.07) is 5.96. The summed E-state index contributed by atoms with van der Waals surface area (Å²) in [6.45, 7) is 7.73. The van der Waals surface area contributed by atoms with Crippen LogP contribution >= 0.6 is 11.3 Å². The Kier molecular flexibility index (Phi) is 4.93. The second kappa shape index (κ2) is 7.10. The van der Waals surface area contributed by atoms with E-state index in [0.29, 0.717) is 6.54 Å². The van der Waals surface area contributed by atoms with Crippen LogP contribution in [0.25, 0.3) is 0 Å². The first-order valence-electron chi connectivity index (χ1n) is 7.76. The molecule has 122 valence electrons. The number of morpholine rings is 1. The zero-order valence-electron chi connectivity index (χ0n) is 13.5. The largest absolute Gasteiger partial charge is 0.378 e. The van der Waals surface area contributed by atoms with E-state index >= 15 is 0 Å². The van der Waals surface area contributed by atoms with E-state index in [1.807, 2.05) is 38.2 Å². The number of thiophene rings is 1. The highest BCUT2D eigenvalue weighted by Gasteiger charge is 2.13. The molecule has 5 nitrogen and oxygen atoms in total. The van der Waals surface area contributed by atoms with Gasteiger partial charge in [-0.2, -0.15) is 0 Å². The predicted octanol–water partition coefficient (Wildman–Crippen LogP) is 2.53. The lowest BCUT2D eigenvalue weighted by Crippen LogP contribution is -2.36. The summed E-state index contributed by atoms with van der Waals surface area (Å²) in [5.74, 6) is 0.941. The smallest absolute Gasteiger partial charge is 0.252 e. The zero-order chi connectivity index (χ0) is 16.2. The normalized spacial score (nSPS) is 14.8. The number of pyridine rings is 1. The fourth-order valence-electron chi connectivity index (χ4n) is 2.63. The molecule has 0 aliphatic carbocycles. The summed E-state index contributed by atoms with van der Waals surface area (Å²) in [7, 11) is 0. The standard InChI is InChI=1S/C17H21N3O2S/c1-12-9-15(13(2)23-12)17(21)19-11-14-3-4-16(18-10-14)20-5-7-22-8-6-20/h3-4,9-10H,5-8,11H2,1-2H3,(H,19,21). The number of amides is 1. The van der Waals surface area contributed by atoms with Crippen LogP contribution in [0.3, 0.4) is 0 Å². The van der Waals surface area contributed by atoms with Crippen molar-refractivity contribution in [1.82, 2.24) is 10.3 Å². The van der Waals surface area contributed by atoms with Gasteiger partial charge in [0.05, 0.1) is 18.8 Å². The Morgan fingerprint density at radius 2 is 2.13 bits per heavy atom. The molecule has 0 unspecified atom stereocenters. The van der Waals surface area contributed by atoms with E-state index in [1.165, 1.54) is 0 Å². The van der Waals surface area contributed by atoms with Gasteiger partial charge in [0, 0.05) is 35.6 Å². The van der Waals surface area contributed by atoms with Crippen LogP contribution < -0.4 is 10.2 Å². The summed E-state index contributed by atoms with van der Waals surface area (Å²) in [5, 5.41) is 2.96. The van der Waals surface area contributed by atoms with Crippen LogP contribution in [-0.2, 0) is 11.3 Å². The molecule has 6 heteroatoms. The molecule has 2 aromatic rings. The fraction of sp³-hybridized carbons (Fsp3) is 0.412. The molecule has 1 aliphatic rings. The minimum Gasteiger partial charge on any atom is -0.378 e. The minimum absolute atomic E-state index is 0.0240. The van der Waals surface area contributed by atoms with E-state index in [4.69, 9.17) is 4.74 Å². The van der Waals surface area contributed by atoms with Crippen LogP contribution in [0.1, 0.15) is 25.7 Å². The first-order chi connectivity index (χ1) is 11.1. The number of aryl methyl sites for hydroxylation is 2. The predicted molar refractivity (Wildman–Crippen MR) is 92.2 cm³/mol. The number of ether oxygens (including phenoxy) is 1. The van der Waals surface area contributed by atoms with Crippen molar-refractivity contribution in [3.63, 3.8) is 0 Å². The Morgan fingerprint density at radius 1 is 1.35 bits per heavy atom. The van der Waals surface area contributed by atoms with Crippen LogP contribution in [0.2, 0.25) is 0 Å². The number of hydrogen-bond acceptors (Lipinski definition) is 5. The molecule has 0 radical (unpaired) electrons. The summed E-state index contributed by atoms with van der Waals surface area (Å²) < 4.78 is 5.35. The number of nitrogens with one attached hydrogen (secondary N) is 1. The second-order valence-corrected chi connectivity index (χ2v) is 7.09. The van der Waals surface area contributed by atoms with Crippen molar-refractivity contribution in [3.05, 3.63) is 45.3 Å². The average Bonchev–Trinajstić information content (AvgIpc) is 2.92. The van der Waals surface area contributed by atoms with Crippen LogP contribution in [-0.4, -0.2) is 37.2 Å². The fourth-order valence-corrected chi connectivity index (χ4v) is 3.56. The number of nitrogens with zero attached hydrogens (tertiary/aromatic N) is 2. The minimum atomic E-state index is -0.0240. The lowest BCUT2D eigenvalue weighted by molar-refractivity contribution is 0.0950. The molecule has 0 atom stereocenters. The lowest BCUT2D eigenvalue weighted by Gasteiger charge is -2.27. The zero-order valence-corrected chi connectivity index (χ0v) is 14.3. The number of carbonyl (C=O) groups excluding carboxylic acids is 1. The van der Waals surface area contributed by atoms with Gasteiger partial charge in [0.1, 0.15) is 5.82 Å². The van der Waals surface area contributed by atoms with Gasteiger partial charge in [0.2, 0.25) is 0 Å². The van der Waals surface area contributed by atoms with Crippen molar-refractivity contribution in [2.45, 2.75) is 20.4 Å². The molecule has 1 fully saturated rings. The summed E-state index contributed by atoms with van der Waals surface area (Å²) in [4.78, 5) is 21.1. The Morgan fingerprint density at radius 3 is 2.74 bits per heavy atom. The van der Waals surface area contributed by atoms with Gasteiger partial charge >= 0.3 is 0 Å². The highest BCUT2D eigenvalue weighted by Crippen LogP contribution is 2.20. The molecule has 1 aliphatic heterocycles. The summed E-state index contributed by atoms with van der Waals surface area (Å²) in [6.07, 6.45) is 1.83. The number of anilines is 1. The molecule has 0 saturated carbocycles. The molecule has 23 heavy (non-hydrogen) atoms. The quantitative estimate of drug-likeness (QED) is 0.935. The number of aromatic nitrogens is 1. The number of rotatable bonds is 4. The van der Waals surface area contributed by atoms with Crippen molar-refractivity contribution < 1.29 is 9.53 Å². The van der Waals surface area contributed by atoms with Gasteiger partial charge in [-0.15, -0.1) is 11.3 Å². The molecule has 3 heterocycles. The lowest BCUT2D eigenvalue weighted by atomic mass is 10.2. The highest BCUT2D eigenvalue weighted by atomic mass is 32.1. The van der Waals surface area contributed by atoms with E-state index in [0.717, 1.165) is 53.0 Å². The molecule has 1 saturated heterocycles. The molecule has 3 rings (SSSR count). The third kappa shape index (κ3) is 3.89. The van der Waals surface area contributed by atoms with Crippen molar-refractivity contribution in [2.75, 3.05) is 31.2 Å². The monoisotopic (exact) mass is 331 g/mol. The second-order valence-electron chi connectivity index (χ2n) is 5.63. The topological polar surface area (TPSA) is 54.5 Å². The van der Waals surface area contributed by atoms with Crippen LogP contribution in [0.4, 0.5) is 5.82 Å². The van der Waals surface area contributed by atoms with Crippen molar-refractivity contribution in [1.29, 1.82) is 0 Å². The maximum Gasteiger partial charge on any atom is 0.252 e. The highest BCUT2D eigenvalue weighted by molar-refractivity contribution is 7.12. The first-order valence-corrected chi connectivity index (χ1v) is 8.58. The van der Waals surface area contributed by atoms with Gasteiger partial charge in [0.15, 0.2) is 0 Å².